The van der Waals surface area contributed by atoms with E-state index in [0.29, 0.717) is 31.9 Å². The molecule has 1 amide bonds. The molecule has 0 saturated carbocycles. The summed E-state index contributed by atoms with van der Waals surface area (Å²) in [4.78, 5) is 12.7. The fourth-order valence-corrected chi connectivity index (χ4v) is 5.11. The Morgan fingerprint density at radius 1 is 1.00 bits per heavy atom. The molecule has 0 fully saturated rings. The van der Waals surface area contributed by atoms with Crippen molar-refractivity contribution in [1.82, 2.24) is 5.32 Å². The third-order valence-corrected chi connectivity index (χ3v) is 7.24. The van der Waals surface area contributed by atoms with E-state index in [2.05, 4.69) is 10.0 Å². The summed E-state index contributed by atoms with van der Waals surface area (Å²) in [5.74, 6) is 1.08. The average molecular weight is 445 g/mol. The molecule has 0 unspecified atom stereocenters. The Labute approximate surface area is 178 Å². The molecule has 0 bridgehead atoms. The number of rotatable bonds is 7. The highest BCUT2D eigenvalue weighted by Crippen LogP contribution is 2.30. The van der Waals surface area contributed by atoms with Crippen molar-refractivity contribution < 1.29 is 22.7 Å². The second kappa shape index (κ2) is 8.76. The summed E-state index contributed by atoms with van der Waals surface area (Å²) in [6.07, 6.45) is 0.603. The molecule has 2 N–H and O–H groups in total. The van der Waals surface area contributed by atoms with Crippen molar-refractivity contribution in [2.75, 3.05) is 24.5 Å². The van der Waals surface area contributed by atoms with Gasteiger partial charge in [-0.2, -0.15) is 0 Å². The van der Waals surface area contributed by atoms with Crippen LogP contribution in [0, 0.1) is 0 Å². The Hall–Kier alpha value is -3.04. The molecular formula is C21H20N2O5S2. The molecule has 7 nitrogen and oxygen atoms in total. The number of nitrogens with one attached hydrogen (secondary N) is 2. The summed E-state index contributed by atoms with van der Waals surface area (Å²) >= 11 is 1.11. The molecule has 2 heterocycles. The second-order valence-electron chi connectivity index (χ2n) is 6.57. The van der Waals surface area contributed by atoms with E-state index in [0.717, 1.165) is 22.6 Å². The van der Waals surface area contributed by atoms with E-state index in [1.165, 1.54) is 6.07 Å². The van der Waals surface area contributed by atoms with Crippen LogP contribution in [0.5, 0.6) is 11.5 Å². The maximum atomic E-state index is 12.7. The molecule has 0 spiro atoms. The van der Waals surface area contributed by atoms with Crippen LogP contribution in [0.2, 0.25) is 0 Å². The van der Waals surface area contributed by atoms with E-state index in [1.54, 1.807) is 35.7 Å². The fourth-order valence-electron chi connectivity index (χ4n) is 3.04. The first kappa shape index (κ1) is 20.2. The molecule has 0 radical (unpaired) electrons. The molecule has 9 heteroatoms. The van der Waals surface area contributed by atoms with Crippen molar-refractivity contribution in [3.05, 3.63) is 71.1 Å². The van der Waals surface area contributed by atoms with Crippen molar-refractivity contribution >= 4 is 33.0 Å². The number of anilines is 1. The number of sulfonamides is 1. The van der Waals surface area contributed by atoms with Gasteiger partial charge in [0, 0.05) is 6.54 Å². The third-order valence-electron chi connectivity index (χ3n) is 4.48. The van der Waals surface area contributed by atoms with Gasteiger partial charge < -0.3 is 14.8 Å². The van der Waals surface area contributed by atoms with Crippen LogP contribution in [-0.2, 0) is 16.4 Å². The zero-order valence-electron chi connectivity index (χ0n) is 16.0. The third kappa shape index (κ3) is 4.58. The number of carbonyl (C=O) groups excluding carboxylic acids is 1. The molecule has 3 aromatic rings. The van der Waals surface area contributed by atoms with Gasteiger partial charge in [-0.3, -0.25) is 9.52 Å². The molecule has 4 rings (SSSR count). The maximum absolute atomic E-state index is 12.7. The van der Waals surface area contributed by atoms with E-state index in [9.17, 15) is 13.2 Å². The molecule has 2 aromatic carbocycles. The summed E-state index contributed by atoms with van der Waals surface area (Å²) < 4.78 is 38.8. The van der Waals surface area contributed by atoms with Crippen molar-refractivity contribution in [3.63, 3.8) is 0 Å². The summed E-state index contributed by atoms with van der Waals surface area (Å²) in [6.45, 7) is 1.45. The van der Waals surface area contributed by atoms with Crippen LogP contribution < -0.4 is 19.5 Å². The van der Waals surface area contributed by atoms with Crippen molar-refractivity contribution in [2.45, 2.75) is 10.6 Å². The van der Waals surface area contributed by atoms with Gasteiger partial charge in [0.05, 0.1) is 11.3 Å². The highest BCUT2D eigenvalue weighted by molar-refractivity contribution is 7.94. The Bertz CT molecular complexity index is 1140. The largest absolute Gasteiger partial charge is 0.486 e. The highest BCUT2D eigenvalue weighted by Gasteiger charge is 2.19. The lowest BCUT2D eigenvalue weighted by Crippen LogP contribution is -2.27. The number of ether oxygens (including phenoxy) is 2. The van der Waals surface area contributed by atoms with Gasteiger partial charge in [-0.1, -0.05) is 24.3 Å². The predicted octanol–water partition coefficient (Wildman–Crippen LogP) is 3.29. The molecule has 156 valence electrons. The van der Waals surface area contributed by atoms with Gasteiger partial charge in [-0.05, 0) is 47.7 Å². The lowest BCUT2D eigenvalue weighted by atomic mass is 10.1. The molecule has 0 atom stereocenters. The summed E-state index contributed by atoms with van der Waals surface area (Å²) in [6, 6.07) is 15.4. The molecule has 1 aromatic heterocycles. The number of thiophene rings is 1. The molecule has 1 aliphatic rings. The van der Waals surface area contributed by atoms with Crippen LogP contribution in [0.4, 0.5) is 5.69 Å². The minimum absolute atomic E-state index is 0.191. The van der Waals surface area contributed by atoms with E-state index in [4.69, 9.17) is 9.47 Å². The van der Waals surface area contributed by atoms with E-state index in [1.807, 2.05) is 18.2 Å². The van der Waals surface area contributed by atoms with Crippen LogP contribution in [0.1, 0.15) is 15.9 Å². The standard InChI is InChI=1S/C21H20N2O5S2/c24-21(22-10-9-15-7-8-18-19(14-15)28-12-11-27-18)16-4-1-2-5-17(16)23-30(25,26)20-6-3-13-29-20/h1-8,13-14,23H,9-12H2,(H,22,24). The average Bonchev–Trinajstić information content (AvgIpc) is 3.30. The van der Waals surface area contributed by atoms with E-state index < -0.39 is 10.0 Å². The van der Waals surface area contributed by atoms with Crippen molar-refractivity contribution in [3.8, 4) is 11.5 Å². The Balaban J connectivity index is 1.40. The summed E-state index contributed by atoms with van der Waals surface area (Å²) in [5.41, 5.74) is 1.51. The van der Waals surface area contributed by atoms with Gasteiger partial charge in [0.15, 0.2) is 11.5 Å². The minimum Gasteiger partial charge on any atom is -0.486 e. The van der Waals surface area contributed by atoms with Crippen molar-refractivity contribution in [2.24, 2.45) is 0 Å². The van der Waals surface area contributed by atoms with Gasteiger partial charge in [0.2, 0.25) is 0 Å². The lowest BCUT2D eigenvalue weighted by molar-refractivity contribution is 0.0955. The van der Waals surface area contributed by atoms with Crippen LogP contribution in [0.3, 0.4) is 0 Å². The number of carbonyl (C=O) groups is 1. The number of amides is 1. The fraction of sp³-hybridized carbons (Fsp3) is 0.190. The van der Waals surface area contributed by atoms with E-state index >= 15 is 0 Å². The Morgan fingerprint density at radius 2 is 1.80 bits per heavy atom. The molecule has 0 aliphatic carbocycles. The normalized spacial score (nSPS) is 12.9. The highest BCUT2D eigenvalue weighted by atomic mass is 32.2. The van der Waals surface area contributed by atoms with E-state index in [-0.39, 0.29) is 21.4 Å². The zero-order chi connectivity index (χ0) is 21.0. The van der Waals surface area contributed by atoms with Crippen LogP contribution >= 0.6 is 11.3 Å². The van der Waals surface area contributed by atoms with Gasteiger partial charge in [0.1, 0.15) is 17.4 Å². The minimum atomic E-state index is -3.74. The Morgan fingerprint density at radius 3 is 2.60 bits per heavy atom. The first-order valence-corrected chi connectivity index (χ1v) is 11.7. The molecule has 0 saturated heterocycles. The first-order chi connectivity index (χ1) is 14.5. The molecule has 1 aliphatic heterocycles. The number of hydrogen-bond donors (Lipinski definition) is 2. The van der Waals surface area contributed by atoms with Gasteiger partial charge in [-0.25, -0.2) is 8.42 Å². The number of fused-ring (bicyclic) bond motifs is 1. The number of para-hydroxylation sites is 1. The predicted molar refractivity (Wildman–Crippen MR) is 115 cm³/mol. The SMILES string of the molecule is O=C(NCCc1ccc2c(c1)OCCO2)c1ccccc1NS(=O)(=O)c1cccs1. The Kier molecular flexibility index (Phi) is 5.91. The second-order valence-corrected chi connectivity index (χ2v) is 9.42. The number of benzene rings is 2. The topological polar surface area (TPSA) is 93.7 Å². The smallest absolute Gasteiger partial charge is 0.271 e. The first-order valence-electron chi connectivity index (χ1n) is 9.35. The number of hydrogen-bond acceptors (Lipinski definition) is 6. The van der Waals surface area contributed by atoms with Crippen molar-refractivity contribution in [1.29, 1.82) is 0 Å². The van der Waals surface area contributed by atoms with Gasteiger partial charge >= 0.3 is 0 Å². The van der Waals surface area contributed by atoms with Crippen LogP contribution in [0.25, 0.3) is 0 Å². The monoisotopic (exact) mass is 444 g/mol. The van der Waals surface area contributed by atoms with Gasteiger partial charge in [0.25, 0.3) is 15.9 Å². The van der Waals surface area contributed by atoms with Crippen LogP contribution in [0.15, 0.2) is 64.2 Å². The zero-order valence-corrected chi connectivity index (χ0v) is 17.6. The summed E-state index contributed by atoms with van der Waals surface area (Å²) in [5, 5.41) is 4.53. The van der Waals surface area contributed by atoms with Gasteiger partial charge in [-0.15, -0.1) is 11.3 Å². The maximum Gasteiger partial charge on any atom is 0.271 e. The molecule has 30 heavy (non-hydrogen) atoms. The quantitative estimate of drug-likeness (QED) is 0.583. The van der Waals surface area contributed by atoms with Crippen LogP contribution in [-0.4, -0.2) is 34.1 Å². The summed E-state index contributed by atoms with van der Waals surface area (Å²) in [7, 11) is -3.74. The molecular weight excluding hydrogens is 424 g/mol. The lowest BCUT2D eigenvalue weighted by Gasteiger charge is -2.19.